The second kappa shape index (κ2) is 3.86. The van der Waals surface area contributed by atoms with Gasteiger partial charge in [-0.2, -0.15) is 4.98 Å². The van der Waals surface area contributed by atoms with Crippen molar-refractivity contribution in [2.75, 3.05) is 25.0 Å². The Morgan fingerprint density at radius 3 is 3.07 bits per heavy atom. The van der Waals surface area contributed by atoms with Gasteiger partial charge in [-0.1, -0.05) is 0 Å². The molecule has 2 rings (SSSR count). The maximum absolute atomic E-state index is 5.48. The van der Waals surface area contributed by atoms with Gasteiger partial charge >= 0.3 is 0 Å². The van der Waals surface area contributed by atoms with Gasteiger partial charge in [0, 0.05) is 26.3 Å². The van der Waals surface area contributed by atoms with E-state index in [2.05, 4.69) is 10.1 Å². The Kier molecular flexibility index (Phi) is 2.55. The largest absolute Gasteiger partial charge is 0.341 e. The summed E-state index contributed by atoms with van der Waals surface area (Å²) in [6.07, 6.45) is 1.91. The van der Waals surface area contributed by atoms with Gasteiger partial charge < -0.3 is 10.6 Å². The Morgan fingerprint density at radius 2 is 2.33 bits per heavy atom. The molecule has 0 fully saturated rings. The number of nitrogens with two attached hydrogens (primary N) is 1. The first-order chi connectivity index (χ1) is 7.20. The van der Waals surface area contributed by atoms with Crippen molar-refractivity contribution >= 4 is 11.6 Å². The van der Waals surface area contributed by atoms with Gasteiger partial charge in [0.1, 0.15) is 0 Å². The Bertz CT molecular complexity index is 462. The van der Waals surface area contributed by atoms with Gasteiger partial charge in [-0.25, -0.2) is 4.52 Å². The van der Waals surface area contributed by atoms with Crippen LogP contribution in [-0.4, -0.2) is 34.7 Å². The molecular weight excluding hydrogens is 190 g/mol. The van der Waals surface area contributed by atoms with Crippen LogP contribution in [0.5, 0.6) is 0 Å². The fourth-order valence-corrected chi connectivity index (χ4v) is 1.43. The predicted octanol–water partition coefficient (Wildman–Crippen LogP) is 0.433. The van der Waals surface area contributed by atoms with Crippen molar-refractivity contribution in [1.29, 1.82) is 0 Å². The van der Waals surface area contributed by atoms with Gasteiger partial charge in [0.15, 0.2) is 5.65 Å². The Labute approximate surface area is 88.5 Å². The third-order valence-corrected chi connectivity index (χ3v) is 2.29. The molecule has 0 amide bonds. The molecule has 0 aliphatic carbocycles. The van der Waals surface area contributed by atoms with Gasteiger partial charge in [0.05, 0.1) is 0 Å². The predicted molar refractivity (Wildman–Crippen MR) is 60.0 cm³/mol. The van der Waals surface area contributed by atoms with Crippen LogP contribution in [0.2, 0.25) is 0 Å². The average molecular weight is 205 g/mol. The van der Waals surface area contributed by atoms with Crippen LogP contribution >= 0.6 is 0 Å². The number of aryl methyl sites for hydroxylation is 1. The SMILES string of the molecule is Cc1ccn2nc(N(C)CCN)nc2c1. The molecule has 2 heterocycles. The molecule has 5 nitrogen and oxygen atoms in total. The van der Waals surface area contributed by atoms with Crippen molar-refractivity contribution in [3.8, 4) is 0 Å². The molecule has 80 valence electrons. The smallest absolute Gasteiger partial charge is 0.245 e. The number of nitrogens with zero attached hydrogens (tertiary/aromatic N) is 4. The number of pyridine rings is 1. The van der Waals surface area contributed by atoms with E-state index >= 15 is 0 Å². The third kappa shape index (κ3) is 1.92. The van der Waals surface area contributed by atoms with Gasteiger partial charge in [0.25, 0.3) is 0 Å². The first-order valence-electron chi connectivity index (χ1n) is 4.95. The number of hydrogen-bond donors (Lipinski definition) is 1. The standard InChI is InChI=1S/C10H15N5/c1-8-3-5-15-9(7-8)12-10(13-15)14(2)6-4-11/h3,5,7H,4,6,11H2,1-2H3. The molecule has 5 heteroatoms. The molecule has 0 saturated carbocycles. The molecule has 0 bridgehead atoms. The monoisotopic (exact) mass is 205 g/mol. The Morgan fingerprint density at radius 1 is 1.53 bits per heavy atom. The minimum atomic E-state index is 0.602. The van der Waals surface area contributed by atoms with E-state index < -0.39 is 0 Å². The summed E-state index contributed by atoms with van der Waals surface area (Å²) in [4.78, 5) is 6.36. The van der Waals surface area contributed by atoms with Crippen LogP contribution < -0.4 is 10.6 Å². The molecule has 2 N–H and O–H groups in total. The number of anilines is 1. The van der Waals surface area contributed by atoms with E-state index in [0.29, 0.717) is 12.5 Å². The number of likely N-dealkylation sites (N-methyl/N-ethyl adjacent to an activating group) is 1. The van der Waals surface area contributed by atoms with E-state index in [0.717, 1.165) is 12.2 Å². The molecule has 0 aliphatic heterocycles. The van der Waals surface area contributed by atoms with E-state index in [1.807, 2.05) is 37.2 Å². The highest BCUT2D eigenvalue weighted by atomic mass is 15.4. The molecule has 0 aromatic carbocycles. The Hall–Kier alpha value is -1.62. The molecule has 0 radical (unpaired) electrons. The van der Waals surface area contributed by atoms with E-state index in [1.54, 1.807) is 4.52 Å². The molecular formula is C10H15N5. The average Bonchev–Trinajstić information content (AvgIpc) is 2.60. The molecule has 0 atom stereocenters. The Balaban J connectivity index is 2.38. The van der Waals surface area contributed by atoms with Crippen molar-refractivity contribution in [3.05, 3.63) is 23.9 Å². The molecule has 0 aliphatic rings. The topological polar surface area (TPSA) is 59.5 Å². The highest BCUT2D eigenvalue weighted by Crippen LogP contribution is 2.09. The fraction of sp³-hybridized carbons (Fsp3) is 0.400. The van der Waals surface area contributed by atoms with Crippen molar-refractivity contribution in [1.82, 2.24) is 14.6 Å². The maximum atomic E-state index is 5.48. The third-order valence-electron chi connectivity index (χ3n) is 2.29. The summed E-state index contributed by atoms with van der Waals surface area (Å²) in [6.45, 7) is 3.40. The minimum Gasteiger partial charge on any atom is -0.341 e. The van der Waals surface area contributed by atoms with Crippen LogP contribution in [0, 0.1) is 6.92 Å². The molecule has 15 heavy (non-hydrogen) atoms. The lowest BCUT2D eigenvalue weighted by atomic mass is 10.3. The van der Waals surface area contributed by atoms with Crippen LogP contribution in [0.15, 0.2) is 18.3 Å². The highest BCUT2D eigenvalue weighted by Gasteiger charge is 2.07. The van der Waals surface area contributed by atoms with Crippen molar-refractivity contribution in [2.45, 2.75) is 6.92 Å². The van der Waals surface area contributed by atoms with E-state index in [1.165, 1.54) is 5.56 Å². The second-order valence-corrected chi connectivity index (χ2v) is 3.63. The number of rotatable bonds is 3. The fourth-order valence-electron chi connectivity index (χ4n) is 1.43. The summed E-state index contributed by atoms with van der Waals surface area (Å²) >= 11 is 0. The molecule has 0 unspecified atom stereocenters. The molecule has 0 spiro atoms. The summed E-state index contributed by atoms with van der Waals surface area (Å²) in [5.41, 5.74) is 7.53. The summed E-state index contributed by atoms with van der Waals surface area (Å²) in [7, 11) is 1.94. The van der Waals surface area contributed by atoms with Gasteiger partial charge in [-0.05, 0) is 24.6 Å². The van der Waals surface area contributed by atoms with Crippen LogP contribution in [0.3, 0.4) is 0 Å². The lowest BCUT2D eigenvalue weighted by Crippen LogP contribution is -2.25. The molecule has 2 aromatic heterocycles. The lowest BCUT2D eigenvalue weighted by Gasteiger charge is -2.11. The maximum Gasteiger partial charge on any atom is 0.245 e. The van der Waals surface area contributed by atoms with Crippen molar-refractivity contribution in [2.24, 2.45) is 5.73 Å². The zero-order valence-electron chi connectivity index (χ0n) is 9.01. The summed E-state index contributed by atoms with van der Waals surface area (Å²) in [5, 5.41) is 4.35. The van der Waals surface area contributed by atoms with Crippen LogP contribution in [0.25, 0.3) is 5.65 Å². The normalized spacial score (nSPS) is 10.9. The summed E-state index contributed by atoms with van der Waals surface area (Å²) in [6, 6.07) is 4.02. The first-order valence-corrected chi connectivity index (χ1v) is 4.95. The van der Waals surface area contributed by atoms with Crippen molar-refractivity contribution < 1.29 is 0 Å². The van der Waals surface area contributed by atoms with Gasteiger partial charge in [-0.15, -0.1) is 5.10 Å². The summed E-state index contributed by atoms with van der Waals surface area (Å²) in [5.74, 6) is 0.714. The highest BCUT2D eigenvalue weighted by molar-refractivity contribution is 5.45. The van der Waals surface area contributed by atoms with Crippen LogP contribution in [0.4, 0.5) is 5.95 Å². The molecule has 2 aromatic rings. The van der Waals surface area contributed by atoms with E-state index in [9.17, 15) is 0 Å². The summed E-state index contributed by atoms with van der Waals surface area (Å²) < 4.78 is 1.77. The van der Waals surface area contributed by atoms with Crippen LogP contribution in [-0.2, 0) is 0 Å². The van der Waals surface area contributed by atoms with Gasteiger partial charge in [-0.3, -0.25) is 0 Å². The van der Waals surface area contributed by atoms with Crippen LogP contribution in [0.1, 0.15) is 5.56 Å². The zero-order chi connectivity index (χ0) is 10.8. The number of hydrogen-bond acceptors (Lipinski definition) is 4. The second-order valence-electron chi connectivity index (χ2n) is 3.63. The van der Waals surface area contributed by atoms with Gasteiger partial charge in [0.2, 0.25) is 5.95 Å². The van der Waals surface area contributed by atoms with Crippen molar-refractivity contribution in [3.63, 3.8) is 0 Å². The first kappa shape index (κ1) is 9.92. The molecule has 0 saturated heterocycles. The lowest BCUT2D eigenvalue weighted by molar-refractivity contribution is 0.836. The zero-order valence-corrected chi connectivity index (χ0v) is 9.01. The number of aromatic nitrogens is 3. The van der Waals surface area contributed by atoms with E-state index in [-0.39, 0.29) is 0 Å². The number of fused-ring (bicyclic) bond motifs is 1. The minimum absolute atomic E-state index is 0.602. The quantitative estimate of drug-likeness (QED) is 0.789. The van der Waals surface area contributed by atoms with E-state index in [4.69, 9.17) is 5.73 Å².